The van der Waals surface area contributed by atoms with Crippen molar-refractivity contribution >= 4 is 21.6 Å². The molecule has 1 aromatic rings. The number of benzene rings is 1. The molecule has 0 unspecified atom stereocenters. The number of azo groups is 1. The molecule has 0 N–H and O–H groups in total. The molecule has 0 saturated carbocycles. The molecule has 1 rings (SSSR count). The monoisotopic (exact) mass is 198 g/mol. The predicted octanol–water partition coefficient (Wildman–Crippen LogP) is 3.16. The van der Waals surface area contributed by atoms with Gasteiger partial charge in [0.25, 0.3) is 0 Å². The van der Waals surface area contributed by atoms with Gasteiger partial charge in [0.2, 0.25) is 0 Å². The quantitative estimate of drug-likeness (QED) is 0.620. The minimum Gasteiger partial charge on any atom is -0.192 e. The Kier molecular flexibility index (Phi) is 2.57. The van der Waals surface area contributed by atoms with Gasteiger partial charge in [-0.05, 0) is 28.1 Å². The summed E-state index contributed by atoms with van der Waals surface area (Å²) in [6.45, 7) is 0. The van der Waals surface area contributed by atoms with Crippen LogP contribution in [0.1, 0.15) is 0 Å². The lowest BCUT2D eigenvalue weighted by atomic mass is 10.3. The van der Waals surface area contributed by atoms with Crippen molar-refractivity contribution in [1.82, 2.24) is 0 Å². The van der Waals surface area contributed by atoms with Crippen molar-refractivity contribution in [2.75, 3.05) is 7.05 Å². The molecule has 0 atom stereocenters. The molecule has 0 spiro atoms. The molecule has 3 heteroatoms. The molecule has 0 heterocycles. The molecule has 0 aliphatic rings. The summed E-state index contributed by atoms with van der Waals surface area (Å²) in [5.41, 5.74) is 0.866. The van der Waals surface area contributed by atoms with Crippen molar-refractivity contribution < 1.29 is 0 Å². The first kappa shape index (κ1) is 7.41. The second-order valence-corrected chi connectivity index (χ2v) is 2.61. The molecule has 0 aliphatic heterocycles. The maximum absolute atomic E-state index is 3.88. The highest BCUT2D eigenvalue weighted by Crippen LogP contribution is 2.23. The molecular formula is C7H7BrN2. The van der Waals surface area contributed by atoms with E-state index in [4.69, 9.17) is 0 Å². The van der Waals surface area contributed by atoms with Gasteiger partial charge in [0.15, 0.2) is 0 Å². The standard InChI is InChI=1S/C7H7BrN2/c1-9-10-7-5-3-2-4-6(7)8/h2-5H,1H3. The van der Waals surface area contributed by atoms with Crippen LogP contribution in [0.3, 0.4) is 0 Å². The lowest BCUT2D eigenvalue weighted by molar-refractivity contribution is 1.16. The van der Waals surface area contributed by atoms with Gasteiger partial charge in [-0.25, -0.2) is 0 Å². The zero-order chi connectivity index (χ0) is 7.40. The van der Waals surface area contributed by atoms with Crippen molar-refractivity contribution in [2.24, 2.45) is 10.2 Å². The minimum absolute atomic E-state index is 0.866. The molecule has 0 aliphatic carbocycles. The van der Waals surface area contributed by atoms with Gasteiger partial charge in [0.1, 0.15) is 0 Å². The van der Waals surface area contributed by atoms with Gasteiger partial charge < -0.3 is 0 Å². The van der Waals surface area contributed by atoms with Crippen LogP contribution < -0.4 is 0 Å². The summed E-state index contributed by atoms with van der Waals surface area (Å²) in [5, 5.41) is 7.55. The van der Waals surface area contributed by atoms with Crippen molar-refractivity contribution in [3.63, 3.8) is 0 Å². The van der Waals surface area contributed by atoms with E-state index in [1.165, 1.54) is 0 Å². The van der Waals surface area contributed by atoms with E-state index in [2.05, 4.69) is 26.2 Å². The fourth-order valence-electron chi connectivity index (χ4n) is 0.641. The molecule has 52 valence electrons. The summed E-state index contributed by atoms with van der Waals surface area (Å²) >= 11 is 3.34. The van der Waals surface area contributed by atoms with Gasteiger partial charge >= 0.3 is 0 Å². The predicted molar refractivity (Wildman–Crippen MR) is 44.6 cm³/mol. The third kappa shape index (κ3) is 1.64. The smallest absolute Gasteiger partial charge is 0.0994 e. The van der Waals surface area contributed by atoms with Crippen LogP contribution in [0.2, 0.25) is 0 Å². The SMILES string of the molecule is CN=Nc1ccccc1Br. The summed E-state index contributed by atoms with van der Waals surface area (Å²) in [6, 6.07) is 7.70. The molecule has 0 saturated heterocycles. The topological polar surface area (TPSA) is 24.7 Å². The average molecular weight is 199 g/mol. The number of hydrogen-bond acceptors (Lipinski definition) is 2. The summed E-state index contributed by atoms with van der Waals surface area (Å²) in [6.07, 6.45) is 0. The van der Waals surface area contributed by atoms with Crippen LogP contribution in [0.25, 0.3) is 0 Å². The number of halogens is 1. The lowest BCUT2D eigenvalue weighted by Crippen LogP contribution is -1.64. The fourth-order valence-corrected chi connectivity index (χ4v) is 1.00. The lowest BCUT2D eigenvalue weighted by Gasteiger charge is -1.92. The van der Waals surface area contributed by atoms with Gasteiger partial charge in [-0.3, -0.25) is 0 Å². The highest BCUT2D eigenvalue weighted by molar-refractivity contribution is 9.10. The minimum atomic E-state index is 0.866. The Labute approximate surface area is 68.1 Å². The first-order valence-corrected chi connectivity index (χ1v) is 3.68. The second-order valence-electron chi connectivity index (χ2n) is 1.75. The van der Waals surface area contributed by atoms with Gasteiger partial charge in [0.05, 0.1) is 5.69 Å². The van der Waals surface area contributed by atoms with Crippen LogP contribution in [0.15, 0.2) is 39.0 Å². The Hall–Kier alpha value is -0.700. The molecule has 0 amide bonds. The third-order valence-electron chi connectivity index (χ3n) is 1.06. The molecule has 1 aromatic carbocycles. The van der Waals surface area contributed by atoms with Crippen molar-refractivity contribution in [2.45, 2.75) is 0 Å². The first-order valence-electron chi connectivity index (χ1n) is 2.89. The zero-order valence-corrected chi connectivity index (χ0v) is 7.17. The van der Waals surface area contributed by atoms with Crippen molar-refractivity contribution in [1.29, 1.82) is 0 Å². The van der Waals surface area contributed by atoms with E-state index >= 15 is 0 Å². The largest absolute Gasteiger partial charge is 0.192 e. The molecule has 2 nitrogen and oxygen atoms in total. The third-order valence-corrected chi connectivity index (χ3v) is 1.73. The van der Waals surface area contributed by atoms with E-state index < -0.39 is 0 Å². The van der Waals surface area contributed by atoms with Crippen LogP contribution in [0.4, 0.5) is 5.69 Å². The fraction of sp³-hybridized carbons (Fsp3) is 0.143. The van der Waals surface area contributed by atoms with E-state index in [1.807, 2.05) is 24.3 Å². The highest BCUT2D eigenvalue weighted by Gasteiger charge is 1.92. The molecule has 0 fully saturated rings. The number of rotatable bonds is 1. The van der Waals surface area contributed by atoms with E-state index in [9.17, 15) is 0 Å². The normalized spacial score (nSPS) is 10.6. The van der Waals surface area contributed by atoms with Gasteiger partial charge in [0, 0.05) is 11.5 Å². The summed E-state index contributed by atoms with van der Waals surface area (Å²) in [5.74, 6) is 0. The molecule has 0 bridgehead atoms. The molecule has 0 aromatic heterocycles. The Balaban J connectivity index is 3.03. The van der Waals surface area contributed by atoms with Gasteiger partial charge in [-0.1, -0.05) is 12.1 Å². The van der Waals surface area contributed by atoms with Crippen LogP contribution in [0, 0.1) is 0 Å². The van der Waals surface area contributed by atoms with Crippen molar-refractivity contribution in [3.8, 4) is 0 Å². The molecule has 10 heavy (non-hydrogen) atoms. The van der Waals surface area contributed by atoms with Crippen molar-refractivity contribution in [3.05, 3.63) is 28.7 Å². The van der Waals surface area contributed by atoms with Gasteiger partial charge in [-0.2, -0.15) is 10.2 Å². The molecular weight excluding hydrogens is 192 g/mol. The van der Waals surface area contributed by atoms with E-state index in [-0.39, 0.29) is 0 Å². The van der Waals surface area contributed by atoms with Crippen LogP contribution in [-0.4, -0.2) is 7.05 Å². The van der Waals surface area contributed by atoms with Crippen LogP contribution >= 0.6 is 15.9 Å². The average Bonchev–Trinajstić information content (AvgIpc) is 1.94. The highest BCUT2D eigenvalue weighted by atomic mass is 79.9. The Bertz CT molecular complexity index is 245. The molecule has 0 radical (unpaired) electrons. The first-order chi connectivity index (χ1) is 4.84. The maximum Gasteiger partial charge on any atom is 0.0994 e. The summed E-state index contributed by atoms with van der Waals surface area (Å²) in [7, 11) is 1.65. The van der Waals surface area contributed by atoms with Crippen LogP contribution in [0.5, 0.6) is 0 Å². The number of hydrogen-bond donors (Lipinski definition) is 0. The Morgan fingerprint density at radius 3 is 2.60 bits per heavy atom. The van der Waals surface area contributed by atoms with E-state index in [1.54, 1.807) is 7.05 Å². The summed E-state index contributed by atoms with van der Waals surface area (Å²) in [4.78, 5) is 0. The maximum atomic E-state index is 3.88. The van der Waals surface area contributed by atoms with Crippen LogP contribution in [-0.2, 0) is 0 Å². The van der Waals surface area contributed by atoms with E-state index in [0.29, 0.717) is 0 Å². The Morgan fingerprint density at radius 1 is 1.30 bits per heavy atom. The second kappa shape index (κ2) is 3.46. The summed E-state index contributed by atoms with van der Waals surface area (Å²) < 4.78 is 0.973. The zero-order valence-electron chi connectivity index (χ0n) is 5.58. The van der Waals surface area contributed by atoms with Gasteiger partial charge in [-0.15, -0.1) is 0 Å². The Morgan fingerprint density at radius 2 is 2.00 bits per heavy atom. The van der Waals surface area contributed by atoms with E-state index in [0.717, 1.165) is 10.2 Å². The number of nitrogens with zero attached hydrogens (tertiary/aromatic N) is 2.